The number of alkyl halides is 1. The van der Waals surface area contributed by atoms with Gasteiger partial charge in [0.05, 0.1) is 5.38 Å². The third kappa shape index (κ3) is 2.49. The van der Waals surface area contributed by atoms with E-state index in [0.717, 1.165) is 10.9 Å². The minimum absolute atomic E-state index is 0.146. The van der Waals surface area contributed by atoms with Gasteiger partial charge in [-0.3, -0.25) is 0 Å². The molecule has 1 atom stereocenters. The van der Waals surface area contributed by atoms with Crippen molar-refractivity contribution in [1.82, 2.24) is 0 Å². The molecular weight excluding hydrogens is 223 g/mol. The molecule has 0 N–H and O–H groups in total. The molecule has 1 aromatic rings. The SMILES string of the molecule is CCC(Cl)c1cccc(Br)c1. The standard InChI is InChI=1S/C9H10BrCl/c1-2-9(11)7-4-3-5-8(10)6-7/h3-6,9H,2H2,1H3. The van der Waals surface area contributed by atoms with Crippen LogP contribution in [0.1, 0.15) is 24.3 Å². The predicted octanol–water partition coefficient (Wildman–Crippen LogP) is 4.14. The smallest absolute Gasteiger partial charge is 0.0583 e. The summed E-state index contributed by atoms with van der Waals surface area (Å²) < 4.78 is 1.09. The average Bonchev–Trinajstić information content (AvgIpc) is 2.03. The topological polar surface area (TPSA) is 0 Å². The van der Waals surface area contributed by atoms with Crippen molar-refractivity contribution in [3.8, 4) is 0 Å². The Bertz CT molecular complexity index is 235. The third-order valence-electron chi connectivity index (χ3n) is 1.57. The van der Waals surface area contributed by atoms with E-state index in [1.54, 1.807) is 0 Å². The van der Waals surface area contributed by atoms with E-state index in [1.165, 1.54) is 5.56 Å². The minimum atomic E-state index is 0.146. The van der Waals surface area contributed by atoms with Gasteiger partial charge in [-0.1, -0.05) is 35.0 Å². The summed E-state index contributed by atoms with van der Waals surface area (Å²) in [7, 11) is 0. The van der Waals surface area contributed by atoms with Crippen LogP contribution in [0.3, 0.4) is 0 Å². The van der Waals surface area contributed by atoms with Crippen LogP contribution in [0, 0.1) is 0 Å². The van der Waals surface area contributed by atoms with E-state index in [9.17, 15) is 0 Å². The Hall–Kier alpha value is -0.0100. The average molecular weight is 234 g/mol. The highest BCUT2D eigenvalue weighted by Gasteiger charge is 2.03. The van der Waals surface area contributed by atoms with Crippen LogP contribution in [0.5, 0.6) is 0 Å². The van der Waals surface area contributed by atoms with E-state index >= 15 is 0 Å². The molecule has 60 valence electrons. The fourth-order valence-electron chi connectivity index (χ4n) is 0.937. The first kappa shape index (κ1) is 9.08. The third-order valence-corrected chi connectivity index (χ3v) is 2.62. The normalized spacial score (nSPS) is 13.0. The molecule has 0 saturated heterocycles. The van der Waals surface area contributed by atoms with Gasteiger partial charge in [-0.15, -0.1) is 11.6 Å². The molecule has 2 heteroatoms. The van der Waals surface area contributed by atoms with Crippen LogP contribution in [0.25, 0.3) is 0 Å². The van der Waals surface area contributed by atoms with Crippen molar-refractivity contribution in [3.63, 3.8) is 0 Å². The number of rotatable bonds is 2. The highest BCUT2D eigenvalue weighted by molar-refractivity contribution is 9.10. The van der Waals surface area contributed by atoms with E-state index in [0.29, 0.717) is 0 Å². The Morgan fingerprint density at radius 1 is 1.55 bits per heavy atom. The Morgan fingerprint density at radius 2 is 2.27 bits per heavy atom. The molecule has 0 fully saturated rings. The van der Waals surface area contributed by atoms with Crippen molar-refractivity contribution in [2.75, 3.05) is 0 Å². The molecule has 0 radical (unpaired) electrons. The number of benzene rings is 1. The maximum atomic E-state index is 6.04. The summed E-state index contributed by atoms with van der Waals surface area (Å²) in [5, 5.41) is 0.146. The molecule has 0 nitrogen and oxygen atoms in total. The zero-order valence-corrected chi connectivity index (χ0v) is 8.69. The van der Waals surface area contributed by atoms with Crippen molar-refractivity contribution in [2.24, 2.45) is 0 Å². The lowest BCUT2D eigenvalue weighted by molar-refractivity contribution is 0.883. The van der Waals surface area contributed by atoms with Crippen molar-refractivity contribution in [3.05, 3.63) is 34.3 Å². The Morgan fingerprint density at radius 3 is 2.82 bits per heavy atom. The predicted molar refractivity (Wildman–Crippen MR) is 53.0 cm³/mol. The van der Waals surface area contributed by atoms with Crippen molar-refractivity contribution >= 4 is 27.5 Å². The molecule has 0 aliphatic rings. The van der Waals surface area contributed by atoms with E-state index in [1.807, 2.05) is 18.2 Å². The summed E-state index contributed by atoms with van der Waals surface area (Å²) in [6.45, 7) is 2.08. The van der Waals surface area contributed by atoms with Crippen LogP contribution in [0.15, 0.2) is 28.7 Å². The van der Waals surface area contributed by atoms with Gasteiger partial charge in [-0.2, -0.15) is 0 Å². The van der Waals surface area contributed by atoms with E-state index in [2.05, 4.69) is 28.9 Å². The maximum absolute atomic E-state index is 6.04. The summed E-state index contributed by atoms with van der Waals surface area (Å²) in [6.07, 6.45) is 0.970. The molecular formula is C9H10BrCl. The summed E-state index contributed by atoms with van der Waals surface area (Å²) in [4.78, 5) is 0. The second-order valence-electron chi connectivity index (χ2n) is 2.43. The van der Waals surface area contributed by atoms with Gasteiger partial charge in [0, 0.05) is 4.47 Å². The van der Waals surface area contributed by atoms with Gasteiger partial charge in [0.1, 0.15) is 0 Å². The highest BCUT2D eigenvalue weighted by atomic mass is 79.9. The van der Waals surface area contributed by atoms with Gasteiger partial charge < -0.3 is 0 Å². The second kappa shape index (κ2) is 4.13. The molecule has 0 heterocycles. The Balaban J connectivity index is 2.86. The number of hydrogen-bond donors (Lipinski definition) is 0. The molecule has 0 spiro atoms. The first-order valence-electron chi connectivity index (χ1n) is 3.63. The first-order chi connectivity index (χ1) is 5.24. The van der Waals surface area contributed by atoms with Gasteiger partial charge in [-0.25, -0.2) is 0 Å². The zero-order valence-electron chi connectivity index (χ0n) is 6.35. The van der Waals surface area contributed by atoms with Crippen molar-refractivity contribution < 1.29 is 0 Å². The monoisotopic (exact) mass is 232 g/mol. The van der Waals surface area contributed by atoms with Crippen molar-refractivity contribution in [1.29, 1.82) is 0 Å². The fraction of sp³-hybridized carbons (Fsp3) is 0.333. The fourth-order valence-corrected chi connectivity index (χ4v) is 1.49. The van der Waals surface area contributed by atoms with Crippen LogP contribution >= 0.6 is 27.5 Å². The van der Waals surface area contributed by atoms with Crippen molar-refractivity contribution in [2.45, 2.75) is 18.7 Å². The second-order valence-corrected chi connectivity index (χ2v) is 3.87. The zero-order chi connectivity index (χ0) is 8.27. The maximum Gasteiger partial charge on any atom is 0.0583 e. The summed E-state index contributed by atoms with van der Waals surface area (Å²) in [6, 6.07) is 8.11. The lowest BCUT2D eigenvalue weighted by atomic mass is 10.1. The van der Waals surface area contributed by atoms with Crippen LogP contribution in [0.2, 0.25) is 0 Å². The largest absolute Gasteiger partial charge is 0.118 e. The molecule has 0 aromatic heterocycles. The van der Waals surface area contributed by atoms with Gasteiger partial charge in [0.25, 0.3) is 0 Å². The van der Waals surface area contributed by atoms with E-state index < -0.39 is 0 Å². The quantitative estimate of drug-likeness (QED) is 0.674. The van der Waals surface area contributed by atoms with Gasteiger partial charge in [0.15, 0.2) is 0 Å². The van der Waals surface area contributed by atoms with Gasteiger partial charge in [0.2, 0.25) is 0 Å². The van der Waals surface area contributed by atoms with Crippen LogP contribution in [-0.2, 0) is 0 Å². The highest BCUT2D eigenvalue weighted by Crippen LogP contribution is 2.25. The van der Waals surface area contributed by atoms with Gasteiger partial charge >= 0.3 is 0 Å². The van der Waals surface area contributed by atoms with Gasteiger partial charge in [-0.05, 0) is 24.1 Å². The molecule has 1 rings (SSSR count). The van der Waals surface area contributed by atoms with Crippen LogP contribution in [-0.4, -0.2) is 0 Å². The number of hydrogen-bond acceptors (Lipinski definition) is 0. The van der Waals surface area contributed by atoms with E-state index in [4.69, 9.17) is 11.6 Å². The lowest BCUT2D eigenvalue weighted by Crippen LogP contribution is -1.86. The summed E-state index contributed by atoms with van der Waals surface area (Å²) in [5.41, 5.74) is 1.18. The Labute approximate surface area is 80.7 Å². The summed E-state index contributed by atoms with van der Waals surface area (Å²) >= 11 is 9.44. The minimum Gasteiger partial charge on any atom is -0.118 e. The molecule has 11 heavy (non-hydrogen) atoms. The molecule has 0 aliphatic heterocycles. The molecule has 0 aliphatic carbocycles. The molecule has 1 aromatic carbocycles. The van der Waals surface area contributed by atoms with Crippen LogP contribution < -0.4 is 0 Å². The lowest BCUT2D eigenvalue weighted by Gasteiger charge is -2.05. The molecule has 0 amide bonds. The molecule has 1 unspecified atom stereocenters. The molecule has 0 bridgehead atoms. The Kier molecular flexibility index (Phi) is 3.41. The number of halogens is 2. The first-order valence-corrected chi connectivity index (χ1v) is 4.86. The molecule has 0 saturated carbocycles. The van der Waals surface area contributed by atoms with E-state index in [-0.39, 0.29) is 5.38 Å². The van der Waals surface area contributed by atoms with Crippen LogP contribution in [0.4, 0.5) is 0 Å². The summed E-state index contributed by atoms with van der Waals surface area (Å²) in [5.74, 6) is 0.